The number of piperazine rings is 1. The van der Waals surface area contributed by atoms with E-state index < -0.39 is 14.9 Å². The van der Waals surface area contributed by atoms with Crippen LogP contribution < -0.4 is 0 Å². The third-order valence-electron chi connectivity index (χ3n) is 4.49. The van der Waals surface area contributed by atoms with Gasteiger partial charge in [-0.1, -0.05) is 6.07 Å². The lowest BCUT2D eigenvalue weighted by Gasteiger charge is -2.33. The Labute approximate surface area is 160 Å². The number of aromatic nitrogens is 2. The molecule has 146 valence electrons. The van der Waals surface area contributed by atoms with E-state index in [1.807, 2.05) is 0 Å². The summed E-state index contributed by atoms with van der Waals surface area (Å²) in [7, 11) is -3.50. The van der Waals surface area contributed by atoms with Crippen molar-refractivity contribution in [3.05, 3.63) is 39.5 Å². The molecule has 0 aromatic carbocycles. The third-order valence-corrected chi connectivity index (χ3v) is 7.76. The lowest BCUT2D eigenvalue weighted by Crippen LogP contribution is -2.50. The monoisotopic (exact) mass is 413 g/mol. The molecule has 0 unspecified atom stereocenters. The molecular weight excluding hydrogens is 394 g/mol. The molecule has 12 heteroatoms. The fourth-order valence-electron chi connectivity index (χ4n) is 2.92. The average Bonchev–Trinajstić information content (AvgIpc) is 3.30. The van der Waals surface area contributed by atoms with E-state index in [-0.39, 0.29) is 37.6 Å². The first-order chi connectivity index (χ1) is 12.8. The van der Waals surface area contributed by atoms with Crippen LogP contribution in [0, 0.1) is 17.0 Å². The minimum Gasteiger partial charge on any atom is -0.340 e. The number of amides is 1. The van der Waals surface area contributed by atoms with E-state index in [1.165, 1.54) is 26.5 Å². The van der Waals surface area contributed by atoms with Gasteiger partial charge in [-0.15, -0.1) is 11.3 Å². The molecule has 1 saturated heterocycles. The van der Waals surface area contributed by atoms with E-state index in [1.54, 1.807) is 29.3 Å². The number of carbonyl (C=O) groups is 1. The number of aryl methyl sites for hydroxylation is 1. The molecule has 0 radical (unpaired) electrons. The lowest BCUT2D eigenvalue weighted by molar-refractivity contribution is -0.385. The predicted octanol–water partition coefficient (Wildman–Crippen LogP) is 1.08. The van der Waals surface area contributed by atoms with Crippen LogP contribution in [0.15, 0.2) is 27.9 Å². The normalized spacial score (nSPS) is 15.8. The number of thiophene rings is 1. The molecule has 1 aliphatic heterocycles. The highest BCUT2D eigenvalue weighted by Crippen LogP contribution is 2.22. The zero-order chi connectivity index (χ0) is 19.6. The van der Waals surface area contributed by atoms with E-state index in [2.05, 4.69) is 5.10 Å². The summed E-state index contributed by atoms with van der Waals surface area (Å²) in [4.78, 5) is 24.3. The number of carbonyl (C=O) groups excluding carboxylic acids is 1. The van der Waals surface area contributed by atoms with Crippen LogP contribution in [0.3, 0.4) is 0 Å². The molecule has 27 heavy (non-hydrogen) atoms. The Balaban J connectivity index is 1.54. The van der Waals surface area contributed by atoms with Gasteiger partial charge >= 0.3 is 5.69 Å². The van der Waals surface area contributed by atoms with Crippen molar-refractivity contribution in [1.29, 1.82) is 0 Å². The summed E-state index contributed by atoms with van der Waals surface area (Å²) in [5, 5.41) is 16.5. The van der Waals surface area contributed by atoms with Gasteiger partial charge in [0, 0.05) is 32.6 Å². The average molecular weight is 413 g/mol. The van der Waals surface area contributed by atoms with Crippen LogP contribution >= 0.6 is 11.3 Å². The van der Waals surface area contributed by atoms with Crippen LogP contribution in [0.1, 0.15) is 12.1 Å². The molecule has 0 bridgehead atoms. The zero-order valence-corrected chi connectivity index (χ0v) is 16.3. The second-order valence-corrected chi connectivity index (χ2v) is 9.17. The van der Waals surface area contributed by atoms with Gasteiger partial charge in [0.15, 0.2) is 0 Å². The molecule has 1 fully saturated rings. The maximum absolute atomic E-state index is 12.5. The Hall–Kier alpha value is -2.31. The number of hydrogen-bond acceptors (Lipinski definition) is 7. The van der Waals surface area contributed by atoms with Crippen molar-refractivity contribution in [1.82, 2.24) is 19.0 Å². The van der Waals surface area contributed by atoms with Crippen molar-refractivity contribution in [2.45, 2.75) is 24.1 Å². The second kappa shape index (κ2) is 7.74. The summed E-state index contributed by atoms with van der Waals surface area (Å²) in [5.41, 5.74) is 0.328. The maximum Gasteiger partial charge on any atom is 0.309 e. The number of sulfonamides is 1. The molecule has 0 atom stereocenters. The van der Waals surface area contributed by atoms with Crippen LogP contribution in [-0.2, 0) is 21.4 Å². The summed E-state index contributed by atoms with van der Waals surface area (Å²) >= 11 is 1.17. The van der Waals surface area contributed by atoms with E-state index in [0.29, 0.717) is 23.0 Å². The molecule has 3 rings (SSSR count). The summed E-state index contributed by atoms with van der Waals surface area (Å²) < 4.78 is 28.1. The topological polar surface area (TPSA) is 119 Å². The van der Waals surface area contributed by atoms with Gasteiger partial charge in [0.1, 0.15) is 16.1 Å². The largest absolute Gasteiger partial charge is 0.340 e. The molecule has 2 aromatic heterocycles. The van der Waals surface area contributed by atoms with Gasteiger partial charge in [-0.3, -0.25) is 19.6 Å². The fourth-order valence-corrected chi connectivity index (χ4v) is 5.48. The Morgan fingerprint density at radius 2 is 2.04 bits per heavy atom. The first-order valence-corrected chi connectivity index (χ1v) is 10.6. The van der Waals surface area contributed by atoms with Crippen LogP contribution in [-0.4, -0.2) is 64.4 Å². The Kier molecular flexibility index (Phi) is 5.58. The molecule has 3 heterocycles. The molecule has 0 aliphatic carbocycles. The summed E-state index contributed by atoms with van der Waals surface area (Å²) in [6, 6.07) is 3.27. The second-order valence-electron chi connectivity index (χ2n) is 6.06. The first kappa shape index (κ1) is 19.5. The number of rotatable bonds is 6. The van der Waals surface area contributed by atoms with Gasteiger partial charge in [-0.2, -0.15) is 9.40 Å². The van der Waals surface area contributed by atoms with Gasteiger partial charge < -0.3 is 4.90 Å². The Morgan fingerprint density at radius 1 is 1.33 bits per heavy atom. The van der Waals surface area contributed by atoms with E-state index in [9.17, 15) is 23.3 Å². The molecular formula is C15H19N5O5S2. The molecule has 1 aliphatic rings. The standard InChI is InChI=1S/C15H19N5O5S2/c1-12-13(20(22)23)11-16-19(12)5-4-14(21)17-6-8-18(9-7-17)27(24,25)15-3-2-10-26-15/h2-3,10-11H,4-9H2,1H3. The molecule has 2 aromatic rings. The molecule has 0 saturated carbocycles. The zero-order valence-electron chi connectivity index (χ0n) is 14.6. The van der Waals surface area contributed by atoms with Crippen molar-refractivity contribution in [2.24, 2.45) is 0 Å². The number of nitro groups is 1. The number of nitrogens with zero attached hydrogens (tertiary/aromatic N) is 5. The Bertz CT molecular complexity index is 930. The minimum atomic E-state index is -3.50. The highest BCUT2D eigenvalue weighted by Gasteiger charge is 2.30. The van der Waals surface area contributed by atoms with Crippen molar-refractivity contribution in [3.8, 4) is 0 Å². The van der Waals surface area contributed by atoms with E-state index >= 15 is 0 Å². The fraction of sp³-hybridized carbons (Fsp3) is 0.467. The smallest absolute Gasteiger partial charge is 0.309 e. The van der Waals surface area contributed by atoms with Crippen LogP contribution in [0.2, 0.25) is 0 Å². The maximum atomic E-state index is 12.5. The number of hydrogen-bond donors (Lipinski definition) is 0. The van der Waals surface area contributed by atoms with Crippen LogP contribution in [0.5, 0.6) is 0 Å². The molecule has 0 N–H and O–H groups in total. The van der Waals surface area contributed by atoms with Gasteiger partial charge in [0.2, 0.25) is 5.91 Å². The lowest BCUT2D eigenvalue weighted by atomic mass is 10.3. The summed E-state index contributed by atoms with van der Waals surface area (Å²) in [5.74, 6) is -0.124. The van der Waals surface area contributed by atoms with Crippen molar-refractivity contribution < 1.29 is 18.1 Å². The highest BCUT2D eigenvalue weighted by atomic mass is 32.2. The van der Waals surface area contributed by atoms with E-state index in [0.717, 1.165) is 0 Å². The Morgan fingerprint density at radius 3 is 2.59 bits per heavy atom. The van der Waals surface area contributed by atoms with Crippen molar-refractivity contribution in [2.75, 3.05) is 26.2 Å². The third kappa shape index (κ3) is 4.01. The summed E-state index contributed by atoms with van der Waals surface area (Å²) in [6.07, 6.45) is 1.32. The highest BCUT2D eigenvalue weighted by molar-refractivity contribution is 7.91. The molecule has 1 amide bonds. The van der Waals surface area contributed by atoms with Crippen LogP contribution in [0.25, 0.3) is 0 Å². The van der Waals surface area contributed by atoms with Crippen molar-refractivity contribution >= 4 is 33.0 Å². The SMILES string of the molecule is Cc1c([N+](=O)[O-])cnn1CCC(=O)N1CCN(S(=O)(=O)c2cccs2)CC1. The van der Waals surface area contributed by atoms with Crippen molar-refractivity contribution in [3.63, 3.8) is 0 Å². The van der Waals surface area contributed by atoms with Gasteiger partial charge in [-0.05, 0) is 18.4 Å². The quantitative estimate of drug-likeness (QED) is 0.516. The van der Waals surface area contributed by atoms with E-state index in [4.69, 9.17) is 0 Å². The van der Waals surface area contributed by atoms with Gasteiger partial charge in [-0.25, -0.2) is 8.42 Å². The predicted molar refractivity (Wildman–Crippen MR) is 97.9 cm³/mol. The summed E-state index contributed by atoms with van der Waals surface area (Å²) in [6.45, 7) is 2.97. The molecule has 10 nitrogen and oxygen atoms in total. The minimum absolute atomic E-state index is 0.0742. The van der Waals surface area contributed by atoms with Gasteiger partial charge in [0.05, 0.1) is 11.5 Å². The molecule has 0 spiro atoms. The van der Waals surface area contributed by atoms with Crippen LogP contribution in [0.4, 0.5) is 5.69 Å². The first-order valence-electron chi connectivity index (χ1n) is 8.29. The van der Waals surface area contributed by atoms with Gasteiger partial charge in [0.25, 0.3) is 10.0 Å².